The van der Waals surface area contributed by atoms with Crippen LogP contribution in [-0.2, 0) is 0 Å². The first-order valence-corrected chi connectivity index (χ1v) is 5.90. The summed E-state index contributed by atoms with van der Waals surface area (Å²) in [5, 5.41) is 0. The molecule has 19 heavy (non-hydrogen) atoms. The zero-order valence-electron chi connectivity index (χ0n) is 11.1. The molecule has 4 heteroatoms. The molecule has 2 rings (SSSR count). The lowest BCUT2D eigenvalue weighted by Gasteiger charge is -2.15. The molecule has 2 nitrogen and oxygen atoms in total. The van der Waals surface area contributed by atoms with Crippen molar-refractivity contribution in [2.24, 2.45) is 0 Å². The van der Waals surface area contributed by atoms with Gasteiger partial charge in [-0.05, 0) is 49.6 Å². The SMILES string of the molecule is Cc1ccc(C)c(Oc2c(N)ccc(F)c2F)c1C. The summed E-state index contributed by atoms with van der Waals surface area (Å²) >= 11 is 0. The van der Waals surface area contributed by atoms with Crippen LogP contribution in [-0.4, -0.2) is 0 Å². The normalized spacial score (nSPS) is 10.6. The molecule has 0 fully saturated rings. The molecule has 0 aliphatic carbocycles. The number of aryl methyl sites for hydroxylation is 2. The first kappa shape index (κ1) is 13.3. The van der Waals surface area contributed by atoms with Gasteiger partial charge < -0.3 is 10.5 Å². The highest BCUT2D eigenvalue weighted by molar-refractivity contribution is 5.57. The van der Waals surface area contributed by atoms with E-state index in [1.807, 2.05) is 32.9 Å². The Balaban J connectivity index is 2.54. The first-order valence-electron chi connectivity index (χ1n) is 5.90. The zero-order valence-corrected chi connectivity index (χ0v) is 11.1. The van der Waals surface area contributed by atoms with Crippen molar-refractivity contribution in [3.05, 3.63) is 52.6 Å². The van der Waals surface area contributed by atoms with Crippen molar-refractivity contribution in [1.82, 2.24) is 0 Å². The highest BCUT2D eigenvalue weighted by Gasteiger charge is 2.16. The van der Waals surface area contributed by atoms with E-state index in [-0.39, 0.29) is 11.4 Å². The van der Waals surface area contributed by atoms with Crippen LogP contribution in [0.2, 0.25) is 0 Å². The number of benzene rings is 2. The Morgan fingerprint density at radius 2 is 1.53 bits per heavy atom. The van der Waals surface area contributed by atoms with E-state index in [2.05, 4.69) is 0 Å². The Morgan fingerprint density at radius 3 is 2.21 bits per heavy atom. The third kappa shape index (κ3) is 2.38. The number of anilines is 1. The molecule has 0 spiro atoms. The minimum absolute atomic E-state index is 0.0687. The van der Waals surface area contributed by atoms with Crippen LogP contribution in [0.4, 0.5) is 14.5 Å². The number of rotatable bonds is 2. The van der Waals surface area contributed by atoms with Crippen LogP contribution >= 0.6 is 0 Å². The second-order valence-corrected chi connectivity index (χ2v) is 4.54. The Kier molecular flexibility index (Phi) is 3.42. The van der Waals surface area contributed by atoms with E-state index in [9.17, 15) is 8.78 Å². The minimum atomic E-state index is -1.07. The van der Waals surface area contributed by atoms with E-state index >= 15 is 0 Å². The molecule has 0 aliphatic rings. The molecule has 0 aromatic heterocycles. The molecule has 0 amide bonds. The van der Waals surface area contributed by atoms with Gasteiger partial charge in [0, 0.05) is 0 Å². The second kappa shape index (κ2) is 4.88. The number of nitrogens with two attached hydrogens (primary N) is 1. The summed E-state index contributed by atoms with van der Waals surface area (Å²) in [6.07, 6.45) is 0. The van der Waals surface area contributed by atoms with Crippen LogP contribution in [0.25, 0.3) is 0 Å². The molecule has 100 valence electrons. The molecule has 2 N–H and O–H groups in total. The van der Waals surface area contributed by atoms with Gasteiger partial charge in [-0.3, -0.25) is 0 Å². The molecule has 0 saturated carbocycles. The summed E-state index contributed by atoms with van der Waals surface area (Å²) in [5.74, 6) is -1.81. The van der Waals surface area contributed by atoms with Gasteiger partial charge in [0.15, 0.2) is 11.6 Å². The number of hydrogen-bond acceptors (Lipinski definition) is 2. The molecule has 0 unspecified atom stereocenters. The van der Waals surface area contributed by atoms with Gasteiger partial charge in [-0.15, -0.1) is 0 Å². The van der Waals surface area contributed by atoms with Gasteiger partial charge in [-0.25, -0.2) is 4.39 Å². The highest BCUT2D eigenvalue weighted by atomic mass is 19.2. The van der Waals surface area contributed by atoms with E-state index in [4.69, 9.17) is 10.5 Å². The fourth-order valence-electron chi connectivity index (χ4n) is 1.84. The maximum absolute atomic E-state index is 13.7. The van der Waals surface area contributed by atoms with Gasteiger partial charge in [0.05, 0.1) is 5.69 Å². The fourth-order valence-corrected chi connectivity index (χ4v) is 1.84. The molecule has 2 aromatic carbocycles. The number of hydrogen-bond donors (Lipinski definition) is 1. The van der Waals surface area contributed by atoms with E-state index in [1.54, 1.807) is 0 Å². The van der Waals surface area contributed by atoms with Crippen molar-refractivity contribution in [3.63, 3.8) is 0 Å². The summed E-state index contributed by atoms with van der Waals surface area (Å²) < 4.78 is 32.5. The Morgan fingerprint density at radius 1 is 0.895 bits per heavy atom. The van der Waals surface area contributed by atoms with E-state index in [0.717, 1.165) is 22.8 Å². The van der Waals surface area contributed by atoms with Crippen molar-refractivity contribution >= 4 is 5.69 Å². The van der Waals surface area contributed by atoms with Gasteiger partial charge in [-0.1, -0.05) is 12.1 Å². The van der Waals surface area contributed by atoms with Crippen molar-refractivity contribution in [3.8, 4) is 11.5 Å². The standard InChI is InChI=1S/C15H15F2NO/c1-8-4-5-9(2)14(10(8)3)19-15-12(18)7-6-11(16)13(15)17/h4-7H,18H2,1-3H3. The average Bonchev–Trinajstić information content (AvgIpc) is 2.38. The zero-order chi connectivity index (χ0) is 14.2. The minimum Gasteiger partial charge on any atom is -0.451 e. The third-order valence-electron chi connectivity index (χ3n) is 3.16. The lowest BCUT2D eigenvalue weighted by Crippen LogP contribution is -2.00. The summed E-state index contributed by atoms with van der Waals surface area (Å²) in [6.45, 7) is 5.63. The quantitative estimate of drug-likeness (QED) is 0.821. The average molecular weight is 263 g/mol. The van der Waals surface area contributed by atoms with Crippen LogP contribution in [0.1, 0.15) is 16.7 Å². The Labute approximate surface area is 110 Å². The van der Waals surface area contributed by atoms with Crippen molar-refractivity contribution in [1.29, 1.82) is 0 Å². The molecular formula is C15H15F2NO. The summed E-state index contributed by atoms with van der Waals surface area (Å²) in [7, 11) is 0. The van der Waals surface area contributed by atoms with Crippen molar-refractivity contribution in [2.75, 3.05) is 5.73 Å². The largest absolute Gasteiger partial charge is 0.451 e. The smallest absolute Gasteiger partial charge is 0.203 e. The molecule has 2 aromatic rings. The first-order chi connectivity index (χ1) is 8.91. The number of ether oxygens (including phenoxy) is 1. The maximum atomic E-state index is 13.7. The van der Waals surface area contributed by atoms with Crippen LogP contribution in [0.15, 0.2) is 24.3 Å². The lowest BCUT2D eigenvalue weighted by molar-refractivity contribution is 0.414. The molecule has 0 saturated heterocycles. The molecule has 0 atom stereocenters. The molecule has 0 radical (unpaired) electrons. The molecular weight excluding hydrogens is 248 g/mol. The van der Waals surface area contributed by atoms with Crippen molar-refractivity contribution < 1.29 is 13.5 Å². The number of nitrogen functional groups attached to an aromatic ring is 1. The fraction of sp³-hybridized carbons (Fsp3) is 0.200. The van der Waals surface area contributed by atoms with Gasteiger partial charge in [-0.2, -0.15) is 4.39 Å². The van der Waals surface area contributed by atoms with Crippen molar-refractivity contribution in [2.45, 2.75) is 20.8 Å². The predicted molar refractivity (Wildman–Crippen MR) is 71.5 cm³/mol. The summed E-state index contributed by atoms with van der Waals surface area (Å²) in [5.41, 5.74) is 8.44. The summed E-state index contributed by atoms with van der Waals surface area (Å²) in [6, 6.07) is 6.08. The highest BCUT2D eigenvalue weighted by Crippen LogP contribution is 2.35. The van der Waals surface area contributed by atoms with Gasteiger partial charge in [0.25, 0.3) is 0 Å². The van der Waals surface area contributed by atoms with E-state index in [1.165, 1.54) is 6.07 Å². The molecule has 0 bridgehead atoms. The van der Waals surface area contributed by atoms with Gasteiger partial charge in [0.2, 0.25) is 5.82 Å². The van der Waals surface area contributed by atoms with Crippen LogP contribution < -0.4 is 10.5 Å². The topological polar surface area (TPSA) is 35.2 Å². The molecule has 0 aliphatic heterocycles. The monoisotopic (exact) mass is 263 g/mol. The Hall–Kier alpha value is -2.10. The second-order valence-electron chi connectivity index (χ2n) is 4.54. The van der Waals surface area contributed by atoms with E-state index < -0.39 is 11.6 Å². The third-order valence-corrected chi connectivity index (χ3v) is 3.16. The van der Waals surface area contributed by atoms with E-state index in [0.29, 0.717) is 5.75 Å². The summed E-state index contributed by atoms with van der Waals surface area (Å²) in [4.78, 5) is 0. The maximum Gasteiger partial charge on any atom is 0.203 e. The Bertz CT molecular complexity index is 583. The predicted octanol–water partition coefficient (Wildman–Crippen LogP) is 4.26. The van der Waals surface area contributed by atoms with Gasteiger partial charge in [0.1, 0.15) is 5.75 Å². The van der Waals surface area contributed by atoms with Gasteiger partial charge >= 0.3 is 0 Å². The lowest BCUT2D eigenvalue weighted by atomic mass is 10.1. The van der Waals surface area contributed by atoms with Crippen LogP contribution in [0, 0.1) is 32.4 Å². The molecule has 0 heterocycles. The van der Waals surface area contributed by atoms with Crippen LogP contribution in [0.5, 0.6) is 11.5 Å². The number of halogens is 2. The van der Waals surface area contributed by atoms with Crippen LogP contribution in [0.3, 0.4) is 0 Å².